The topological polar surface area (TPSA) is 49.9 Å². The van der Waals surface area contributed by atoms with Gasteiger partial charge in [0.15, 0.2) is 12.4 Å². The molecule has 5 nitrogen and oxygen atoms in total. The lowest BCUT2D eigenvalue weighted by molar-refractivity contribution is -0.133. The van der Waals surface area contributed by atoms with E-state index in [0.717, 1.165) is 42.1 Å². The number of para-hydroxylation sites is 1. The molecule has 5 heteroatoms. The van der Waals surface area contributed by atoms with Crippen LogP contribution in [0.25, 0.3) is 0 Å². The molecule has 1 atom stereocenters. The van der Waals surface area contributed by atoms with Gasteiger partial charge >= 0.3 is 0 Å². The first-order chi connectivity index (χ1) is 14.0. The van der Waals surface area contributed by atoms with Crippen LogP contribution in [0.1, 0.15) is 49.0 Å². The van der Waals surface area contributed by atoms with E-state index in [2.05, 4.69) is 24.8 Å². The van der Waals surface area contributed by atoms with Gasteiger partial charge in [0.2, 0.25) is 0 Å². The molecule has 0 aromatic heterocycles. The van der Waals surface area contributed by atoms with Crippen molar-refractivity contribution in [1.82, 2.24) is 4.90 Å². The number of carbonyl (C=O) groups is 2. The van der Waals surface area contributed by atoms with E-state index in [-0.39, 0.29) is 18.3 Å². The van der Waals surface area contributed by atoms with E-state index in [0.29, 0.717) is 19.0 Å². The zero-order valence-corrected chi connectivity index (χ0v) is 17.6. The van der Waals surface area contributed by atoms with Crippen LogP contribution in [0.15, 0.2) is 48.5 Å². The molecular weight excluding hydrogens is 364 g/mol. The highest BCUT2D eigenvalue weighted by molar-refractivity contribution is 5.94. The second-order valence-corrected chi connectivity index (χ2v) is 7.61. The molecule has 1 aliphatic heterocycles. The van der Waals surface area contributed by atoms with E-state index in [1.165, 1.54) is 0 Å². The van der Waals surface area contributed by atoms with Crippen molar-refractivity contribution >= 4 is 17.4 Å². The van der Waals surface area contributed by atoms with Gasteiger partial charge in [-0.1, -0.05) is 32.0 Å². The second-order valence-electron chi connectivity index (χ2n) is 7.61. The summed E-state index contributed by atoms with van der Waals surface area (Å²) in [5, 5.41) is 0. The molecule has 1 saturated heterocycles. The maximum Gasteiger partial charge on any atom is 0.260 e. The van der Waals surface area contributed by atoms with Gasteiger partial charge in [0.1, 0.15) is 5.75 Å². The predicted octanol–water partition coefficient (Wildman–Crippen LogP) is 4.13. The molecule has 1 heterocycles. The fourth-order valence-corrected chi connectivity index (χ4v) is 3.59. The molecule has 3 rings (SSSR count). The van der Waals surface area contributed by atoms with E-state index >= 15 is 0 Å². The Bertz CT molecular complexity index is 839. The van der Waals surface area contributed by atoms with Crippen LogP contribution >= 0.6 is 0 Å². The number of ketones is 1. The Hall–Kier alpha value is -2.82. The Balaban J connectivity index is 1.52. The van der Waals surface area contributed by atoms with Crippen LogP contribution in [-0.2, 0) is 4.79 Å². The van der Waals surface area contributed by atoms with Crippen LogP contribution in [0, 0.1) is 0 Å². The number of amides is 1. The van der Waals surface area contributed by atoms with E-state index in [9.17, 15) is 9.59 Å². The molecule has 1 fully saturated rings. The summed E-state index contributed by atoms with van der Waals surface area (Å²) in [5.41, 5.74) is 2.96. The molecule has 0 unspecified atom stereocenters. The molecule has 0 saturated carbocycles. The summed E-state index contributed by atoms with van der Waals surface area (Å²) in [6, 6.07) is 15.6. The summed E-state index contributed by atoms with van der Waals surface area (Å²) >= 11 is 0. The van der Waals surface area contributed by atoms with E-state index < -0.39 is 0 Å². The molecule has 0 radical (unpaired) electrons. The third kappa shape index (κ3) is 5.17. The summed E-state index contributed by atoms with van der Waals surface area (Å²) in [7, 11) is 0. The maximum atomic E-state index is 12.6. The minimum absolute atomic E-state index is 0.0236. The molecule has 1 aliphatic rings. The Kier molecular flexibility index (Phi) is 6.91. The van der Waals surface area contributed by atoms with E-state index in [1.54, 1.807) is 6.92 Å². The number of Topliss-reactive ketones (excluding diaryl/α,β-unsaturated/α-hetero) is 1. The van der Waals surface area contributed by atoms with Gasteiger partial charge in [-0.05, 0) is 55.2 Å². The number of anilines is 1. The molecule has 2 aromatic carbocycles. The largest absolute Gasteiger partial charge is 0.483 e. The van der Waals surface area contributed by atoms with Crippen molar-refractivity contribution in [3.8, 4) is 5.75 Å². The summed E-state index contributed by atoms with van der Waals surface area (Å²) in [4.78, 5) is 28.2. The van der Waals surface area contributed by atoms with Crippen LogP contribution in [0.3, 0.4) is 0 Å². The molecule has 2 aromatic rings. The fraction of sp³-hybridized carbons (Fsp3) is 0.417. The minimum Gasteiger partial charge on any atom is -0.483 e. The van der Waals surface area contributed by atoms with Crippen molar-refractivity contribution in [3.63, 3.8) is 0 Å². The summed E-state index contributed by atoms with van der Waals surface area (Å²) < 4.78 is 5.89. The highest BCUT2D eigenvalue weighted by Crippen LogP contribution is 2.28. The highest BCUT2D eigenvalue weighted by atomic mass is 16.5. The lowest BCUT2D eigenvalue weighted by atomic mass is 9.98. The highest BCUT2D eigenvalue weighted by Gasteiger charge is 2.22. The molecule has 29 heavy (non-hydrogen) atoms. The van der Waals surface area contributed by atoms with Crippen molar-refractivity contribution in [3.05, 3.63) is 59.7 Å². The van der Waals surface area contributed by atoms with Gasteiger partial charge in [-0.25, -0.2) is 0 Å². The Morgan fingerprint density at radius 1 is 1.00 bits per heavy atom. The van der Waals surface area contributed by atoms with Gasteiger partial charge in [0.05, 0.1) is 0 Å². The average Bonchev–Trinajstić information content (AvgIpc) is 2.77. The summed E-state index contributed by atoms with van der Waals surface area (Å²) in [6.45, 7) is 8.85. The van der Waals surface area contributed by atoms with Crippen LogP contribution in [0.5, 0.6) is 5.75 Å². The van der Waals surface area contributed by atoms with Crippen molar-refractivity contribution < 1.29 is 14.3 Å². The van der Waals surface area contributed by atoms with Gasteiger partial charge < -0.3 is 14.5 Å². The molecule has 0 N–H and O–H groups in total. The number of carbonyl (C=O) groups excluding carboxylic acids is 2. The molecule has 0 aliphatic carbocycles. The first-order valence-electron chi connectivity index (χ1n) is 10.3. The number of piperazine rings is 1. The van der Waals surface area contributed by atoms with E-state index in [1.807, 2.05) is 47.4 Å². The smallest absolute Gasteiger partial charge is 0.260 e. The Labute approximate surface area is 173 Å². The van der Waals surface area contributed by atoms with E-state index in [4.69, 9.17) is 4.74 Å². The molecular formula is C24H30N2O3. The van der Waals surface area contributed by atoms with Gasteiger partial charge in [-0.2, -0.15) is 0 Å². The second kappa shape index (κ2) is 9.59. The SMILES string of the molecule is CC[C@H](C)c1ccccc1OCC(=O)N1CCN(c2ccc(C(C)=O)cc2)CC1. The van der Waals surface area contributed by atoms with Gasteiger partial charge in [0.25, 0.3) is 5.91 Å². The number of benzene rings is 2. The molecule has 0 spiro atoms. The Morgan fingerprint density at radius 3 is 2.28 bits per heavy atom. The monoisotopic (exact) mass is 394 g/mol. The molecule has 154 valence electrons. The van der Waals surface area contributed by atoms with Crippen molar-refractivity contribution in [2.45, 2.75) is 33.1 Å². The average molecular weight is 395 g/mol. The predicted molar refractivity (Wildman–Crippen MR) is 116 cm³/mol. The number of hydrogen-bond donors (Lipinski definition) is 0. The maximum absolute atomic E-state index is 12.6. The fourth-order valence-electron chi connectivity index (χ4n) is 3.59. The quantitative estimate of drug-likeness (QED) is 0.663. The van der Waals surface area contributed by atoms with Gasteiger partial charge in [0, 0.05) is 37.4 Å². The third-order valence-corrected chi connectivity index (χ3v) is 5.68. The summed E-state index contributed by atoms with van der Waals surface area (Å²) in [5.74, 6) is 1.30. The van der Waals surface area contributed by atoms with Crippen LogP contribution in [0.4, 0.5) is 5.69 Å². The lowest BCUT2D eigenvalue weighted by Gasteiger charge is -2.36. The van der Waals surface area contributed by atoms with Gasteiger partial charge in [-0.15, -0.1) is 0 Å². The van der Waals surface area contributed by atoms with Crippen LogP contribution in [-0.4, -0.2) is 49.4 Å². The number of nitrogens with zero attached hydrogens (tertiary/aromatic N) is 2. The molecule has 0 bridgehead atoms. The standard InChI is InChI=1S/C24H30N2O3/c1-4-18(2)22-7-5-6-8-23(22)29-17-24(28)26-15-13-25(14-16-26)21-11-9-20(10-12-21)19(3)27/h5-12,18H,4,13-17H2,1-3H3/t18-/m0/s1. The van der Waals surface area contributed by atoms with Crippen molar-refractivity contribution in [2.75, 3.05) is 37.7 Å². The first kappa shape index (κ1) is 20.9. The summed E-state index contributed by atoms with van der Waals surface area (Å²) in [6.07, 6.45) is 1.03. The van der Waals surface area contributed by atoms with Crippen molar-refractivity contribution in [2.24, 2.45) is 0 Å². The number of hydrogen-bond acceptors (Lipinski definition) is 4. The lowest BCUT2D eigenvalue weighted by Crippen LogP contribution is -2.50. The first-order valence-corrected chi connectivity index (χ1v) is 10.3. The normalized spacial score (nSPS) is 15.1. The van der Waals surface area contributed by atoms with Gasteiger partial charge in [-0.3, -0.25) is 9.59 Å². The molecule has 1 amide bonds. The third-order valence-electron chi connectivity index (χ3n) is 5.68. The van der Waals surface area contributed by atoms with Crippen LogP contribution in [0.2, 0.25) is 0 Å². The minimum atomic E-state index is 0.0236. The number of rotatable bonds is 7. The zero-order valence-electron chi connectivity index (χ0n) is 17.6. The van der Waals surface area contributed by atoms with Crippen molar-refractivity contribution in [1.29, 1.82) is 0 Å². The zero-order chi connectivity index (χ0) is 20.8. The Morgan fingerprint density at radius 2 is 1.66 bits per heavy atom. The number of ether oxygens (including phenoxy) is 1. The van der Waals surface area contributed by atoms with Crippen LogP contribution < -0.4 is 9.64 Å².